The van der Waals surface area contributed by atoms with Gasteiger partial charge in [-0.05, 0) is 68.0 Å². The largest absolute Gasteiger partial charge is 0.497 e. The van der Waals surface area contributed by atoms with Gasteiger partial charge in [0.1, 0.15) is 17.6 Å². The van der Waals surface area contributed by atoms with Crippen LogP contribution >= 0.6 is 0 Å². The molecule has 2 atom stereocenters. The number of ether oxygens (including phenoxy) is 3. The Hall–Kier alpha value is -2.53. The lowest BCUT2D eigenvalue weighted by Gasteiger charge is -2.32. The summed E-state index contributed by atoms with van der Waals surface area (Å²) in [6.07, 6.45) is 1.86. The standard InChI is InChI=1S/C24H31NO4/c1-17(21-10-11-21)25(15-19-8-12-22(27-3)13-9-19)24(26)18(2)29-16-20-6-5-7-23(14-20)28-4/h5-9,12-14,17-18,21H,10-11,15-16H2,1-4H3. The maximum Gasteiger partial charge on any atom is 0.251 e. The minimum atomic E-state index is -0.513. The van der Waals surface area contributed by atoms with Crippen LogP contribution in [0.2, 0.25) is 0 Å². The van der Waals surface area contributed by atoms with E-state index in [9.17, 15) is 4.79 Å². The van der Waals surface area contributed by atoms with Crippen LogP contribution in [0.5, 0.6) is 11.5 Å². The van der Waals surface area contributed by atoms with Gasteiger partial charge in [-0.3, -0.25) is 4.79 Å². The second kappa shape index (κ2) is 9.79. The molecule has 29 heavy (non-hydrogen) atoms. The van der Waals surface area contributed by atoms with E-state index in [2.05, 4.69) is 6.92 Å². The molecule has 0 saturated heterocycles. The Morgan fingerprint density at radius 3 is 2.31 bits per heavy atom. The van der Waals surface area contributed by atoms with Crippen molar-refractivity contribution in [1.29, 1.82) is 0 Å². The Morgan fingerprint density at radius 1 is 1.00 bits per heavy atom. The summed E-state index contributed by atoms with van der Waals surface area (Å²) < 4.78 is 16.4. The maximum atomic E-state index is 13.2. The first-order chi connectivity index (χ1) is 14.0. The summed E-state index contributed by atoms with van der Waals surface area (Å²) >= 11 is 0. The summed E-state index contributed by atoms with van der Waals surface area (Å²) in [5.74, 6) is 2.22. The van der Waals surface area contributed by atoms with Crippen LogP contribution in [0.4, 0.5) is 0 Å². The molecular weight excluding hydrogens is 366 g/mol. The van der Waals surface area contributed by atoms with Gasteiger partial charge < -0.3 is 19.1 Å². The van der Waals surface area contributed by atoms with Crippen molar-refractivity contribution in [3.63, 3.8) is 0 Å². The van der Waals surface area contributed by atoms with Gasteiger partial charge in [-0.2, -0.15) is 0 Å². The van der Waals surface area contributed by atoms with Crippen molar-refractivity contribution in [1.82, 2.24) is 4.90 Å². The predicted octanol–water partition coefficient (Wildman–Crippen LogP) is 4.44. The minimum absolute atomic E-state index is 0.0307. The second-order valence-corrected chi connectivity index (χ2v) is 7.70. The Labute approximate surface area is 173 Å². The highest BCUT2D eigenvalue weighted by Crippen LogP contribution is 2.36. The number of amides is 1. The molecule has 2 aromatic rings. The Balaban J connectivity index is 1.65. The summed E-state index contributed by atoms with van der Waals surface area (Å²) in [7, 11) is 3.30. The molecule has 2 unspecified atom stereocenters. The highest BCUT2D eigenvalue weighted by Gasteiger charge is 2.35. The average molecular weight is 398 g/mol. The molecule has 2 aromatic carbocycles. The van der Waals surface area contributed by atoms with Gasteiger partial charge >= 0.3 is 0 Å². The van der Waals surface area contributed by atoms with Crippen LogP contribution in [0.1, 0.15) is 37.8 Å². The van der Waals surface area contributed by atoms with E-state index in [1.165, 1.54) is 12.8 Å². The van der Waals surface area contributed by atoms with E-state index in [0.717, 1.165) is 22.6 Å². The number of carbonyl (C=O) groups is 1. The first-order valence-electron chi connectivity index (χ1n) is 10.2. The number of hydrogen-bond donors (Lipinski definition) is 0. The van der Waals surface area contributed by atoms with Gasteiger partial charge in [0, 0.05) is 12.6 Å². The van der Waals surface area contributed by atoms with Crippen LogP contribution in [0.25, 0.3) is 0 Å². The van der Waals surface area contributed by atoms with E-state index < -0.39 is 6.10 Å². The van der Waals surface area contributed by atoms with Crippen LogP contribution in [0.3, 0.4) is 0 Å². The lowest BCUT2D eigenvalue weighted by atomic mass is 10.1. The number of carbonyl (C=O) groups excluding carboxylic acids is 1. The van der Waals surface area contributed by atoms with Crippen molar-refractivity contribution < 1.29 is 19.0 Å². The molecule has 5 heteroatoms. The fraction of sp³-hybridized carbons (Fsp3) is 0.458. The molecule has 0 aliphatic heterocycles. The summed E-state index contributed by atoms with van der Waals surface area (Å²) in [5.41, 5.74) is 2.08. The quantitative estimate of drug-likeness (QED) is 0.595. The second-order valence-electron chi connectivity index (χ2n) is 7.70. The molecule has 1 saturated carbocycles. The van der Waals surface area contributed by atoms with Gasteiger partial charge in [0.2, 0.25) is 0 Å². The molecule has 1 fully saturated rings. The zero-order chi connectivity index (χ0) is 20.8. The van der Waals surface area contributed by atoms with Gasteiger partial charge in [0.15, 0.2) is 0 Å². The first-order valence-corrected chi connectivity index (χ1v) is 10.2. The van der Waals surface area contributed by atoms with Crippen molar-refractivity contribution in [2.75, 3.05) is 14.2 Å². The van der Waals surface area contributed by atoms with Crippen LogP contribution in [0, 0.1) is 5.92 Å². The van der Waals surface area contributed by atoms with Crippen molar-refractivity contribution >= 4 is 5.91 Å². The summed E-state index contributed by atoms with van der Waals surface area (Å²) in [6, 6.07) is 15.8. The lowest BCUT2D eigenvalue weighted by Crippen LogP contribution is -2.44. The third-order valence-electron chi connectivity index (χ3n) is 5.57. The van der Waals surface area contributed by atoms with Crippen LogP contribution in [-0.4, -0.2) is 37.2 Å². The third kappa shape index (κ3) is 5.73. The summed E-state index contributed by atoms with van der Waals surface area (Å²) in [4.78, 5) is 15.2. The Bertz CT molecular complexity index is 801. The van der Waals surface area contributed by atoms with Gasteiger partial charge in [0.05, 0.1) is 20.8 Å². The lowest BCUT2D eigenvalue weighted by molar-refractivity contribution is -0.146. The molecule has 0 bridgehead atoms. The third-order valence-corrected chi connectivity index (χ3v) is 5.57. The maximum absolute atomic E-state index is 13.2. The molecular formula is C24H31NO4. The zero-order valence-electron chi connectivity index (χ0n) is 17.8. The topological polar surface area (TPSA) is 48.0 Å². The zero-order valence-corrected chi connectivity index (χ0v) is 17.8. The van der Waals surface area contributed by atoms with E-state index in [1.54, 1.807) is 14.2 Å². The molecule has 1 aliphatic carbocycles. The van der Waals surface area contributed by atoms with Crippen LogP contribution < -0.4 is 9.47 Å². The molecule has 1 aliphatic rings. The predicted molar refractivity (Wildman–Crippen MR) is 113 cm³/mol. The van der Waals surface area contributed by atoms with Crippen molar-refractivity contribution in [3.8, 4) is 11.5 Å². The molecule has 0 spiro atoms. The fourth-order valence-corrected chi connectivity index (χ4v) is 3.47. The Kier molecular flexibility index (Phi) is 7.15. The number of methoxy groups -OCH3 is 2. The van der Waals surface area contributed by atoms with E-state index in [1.807, 2.05) is 60.4 Å². The molecule has 0 radical (unpaired) electrons. The monoisotopic (exact) mass is 397 g/mol. The van der Waals surface area contributed by atoms with E-state index in [0.29, 0.717) is 19.1 Å². The molecule has 3 rings (SSSR count). The average Bonchev–Trinajstić information content (AvgIpc) is 3.61. The molecule has 0 heterocycles. The SMILES string of the molecule is COc1ccc(CN(C(=O)C(C)OCc2cccc(OC)c2)C(C)C2CC2)cc1. The smallest absolute Gasteiger partial charge is 0.251 e. The first kappa shape index (κ1) is 21.2. The van der Waals surface area contributed by atoms with Gasteiger partial charge in [0.25, 0.3) is 5.91 Å². The Morgan fingerprint density at radius 2 is 1.69 bits per heavy atom. The summed E-state index contributed by atoms with van der Waals surface area (Å²) in [5, 5.41) is 0. The van der Waals surface area contributed by atoms with E-state index in [-0.39, 0.29) is 11.9 Å². The molecule has 5 nitrogen and oxygen atoms in total. The molecule has 1 amide bonds. The normalized spacial score (nSPS) is 15.4. The minimum Gasteiger partial charge on any atom is -0.497 e. The highest BCUT2D eigenvalue weighted by atomic mass is 16.5. The van der Waals surface area contributed by atoms with E-state index >= 15 is 0 Å². The molecule has 0 N–H and O–H groups in total. The van der Waals surface area contributed by atoms with Gasteiger partial charge in [-0.1, -0.05) is 24.3 Å². The van der Waals surface area contributed by atoms with Crippen LogP contribution in [-0.2, 0) is 22.7 Å². The van der Waals surface area contributed by atoms with Crippen LogP contribution in [0.15, 0.2) is 48.5 Å². The van der Waals surface area contributed by atoms with Crippen molar-refractivity contribution in [2.24, 2.45) is 5.92 Å². The van der Waals surface area contributed by atoms with Gasteiger partial charge in [-0.25, -0.2) is 0 Å². The number of hydrogen-bond acceptors (Lipinski definition) is 4. The number of benzene rings is 2. The van der Waals surface area contributed by atoms with Crippen molar-refractivity contribution in [2.45, 2.75) is 52.0 Å². The molecule has 156 valence electrons. The molecule has 0 aromatic heterocycles. The van der Waals surface area contributed by atoms with Gasteiger partial charge in [-0.15, -0.1) is 0 Å². The van der Waals surface area contributed by atoms with E-state index in [4.69, 9.17) is 14.2 Å². The highest BCUT2D eigenvalue weighted by molar-refractivity contribution is 5.81. The number of rotatable bonds is 10. The number of nitrogens with zero attached hydrogens (tertiary/aromatic N) is 1. The fourth-order valence-electron chi connectivity index (χ4n) is 3.47. The summed E-state index contributed by atoms with van der Waals surface area (Å²) in [6.45, 7) is 4.93. The van der Waals surface area contributed by atoms with Crippen molar-refractivity contribution in [3.05, 3.63) is 59.7 Å².